The van der Waals surface area contributed by atoms with Crippen molar-refractivity contribution in [2.75, 3.05) is 19.8 Å². The first-order valence-corrected chi connectivity index (χ1v) is 31.3. The van der Waals surface area contributed by atoms with Gasteiger partial charge in [-0.15, -0.1) is 0 Å². The van der Waals surface area contributed by atoms with Crippen LogP contribution in [0.15, 0.2) is 0 Å². The summed E-state index contributed by atoms with van der Waals surface area (Å²) >= 11 is 0. The van der Waals surface area contributed by atoms with Gasteiger partial charge in [0.25, 0.3) is 0 Å². The lowest BCUT2D eigenvalue weighted by atomic mass is 9.85. The molecule has 0 aromatic rings. The summed E-state index contributed by atoms with van der Waals surface area (Å²) in [6, 6.07) is 0. The second-order valence-corrected chi connectivity index (χ2v) is 22.2. The van der Waals surface area contributed by atoms with Crippen molar-refractivity contribution in [1.82, 2.24) is 0 Å². The van der Waals surface area contributed by atoms with Crippen molar-refractivity contribution in [3.05, 3.63) is 0 Å². The van der Waals surface area contributed by atoms with Gasteiger partial charge in [0, 0.05) is 25.7 Å². The van der Waals surface area contributed by atoms with Crippen molar-refractivity contribution in [2.24, 2.45) is 0 Å². The molecule has 2 heterocycles. The van der Waals surface area contributed by atoms with E-state index in [-0.39, 0.29) is 31.1 Å². The lowest BCUT2D eigenvalue weighted by Crippen LogP contribution is -2.61. The average molecular weight is 990 g/mol. The van der Waals surface area contributed by atoms with Crippen LogP contribution in [0.25, 0.3) is 0 Å². The van der Waals surface area contributed by atoms with Crippen molar-refractivity contribution in [1.29, 1.82) is 0 Å². The summed E-state index contributed by atoms with van der Waals surface area (Å²) in [7, 11) is 0. The van der Waals surface area contributed by atoms with Crippen LogP contribution in [0.3, 0.4) is 0 Å². The monoisotopic (exact) mass is 989 g/mol. The van der Waals surface area contributed by atoms with Gasteiger partial charge in [-0.3, -0.25) is 14.4 Å². The van der Waals surface area contributed by atoms with E-state index in [4.69, 9.17) is 23.7 Å². The highest BCUT2D eigenvalue weighted by Crippen LogP contribution is 2.40. The number of carbonyl (C=O) groups is 3. The third-order valence-electron chi connectivity index (χ3n) is 15.5. The fourth-order valence-corrected chi connectivity index (χ4v) is 10.7. The number of unbranched alkanes of at least 4 members (excludes halogenated alkanes) is 42. The Morgan fingerprint density at radius 3 is 0.943 bits per heavy atom. The lowest BCUT2D eigenvalue weighted by Gasteiger charge is -2.46. The smallest absolute Gasteiger partial charge is 0.306 e. The molecule has 0 amide bonds. The molecule has 0 bridgehead atoms. The molecule has 0 aliphatic carbocycles. The van der Waals surface area contributed by atoms with E-state index >= 15 is 0 Å². The maximum absolute atomic E-state index is 13.4. The van der Waals surface area contributed by atoms with Gasteiger partial charge >= 0.3 is 17.9 Å². The van der Waals surface area contributed by atoms with E-state index in [1.54, 1.807) is 0 Å². The van der Waals surface area contributed by atoms with Crippen LogP contribution in [0.4, 0.5) is 0 Å². The minimum Gasteiger partial charge on any atom is -0.462 e. The largest absolute Gasteiger partial charge is 0.462 e. The lowest BCUT2D eigenvalue weighted by molar-refractivity contribution is -0.246. The van der Waals surface area contributed by atoms with Crippen LogP contribution in [-0.2, 0) is 38.1 Å². The third kappa shape index (κ3) is 34.7. The van der Waals surface area contributed by atoms with Crippen molar-refractivity contribution in [3.8, 4) is 0 Å². The van der Waals surface area contributed by atoms with Crippen LogP contribution in [0.1, 0.15) is 335 Å². The minimum absolute atomic E-state index is 0.0438. The normalized spacial score (nSPS) is 18.8. The van der Waals surface area contributed by atoms with Gasteiger partial charge in [-0.1, -0.05) is 290 Å². The zero-order valence-corrected chi connectivity index (χ0v) is 46.8. The highest BCUT2D eigenvalue weighted by atomic mass is 16.7. The zero-order valence-electron chi connectivity index (χ0n) is 46.8. The fraction of sp³-hybridized carbons (Fsp3) is 0.952. The summed E-state index contributed by atoms with van der Waals surface area (Å²) in [5, 5.41) is 0. The number of rotatable bonds is 53. The molecule has 2 saturated heterocycles. The van der Waals surface area contributed by atoms with Crippen LogP contribution >= 0.6 is 0 Å². The van der Waals surface area contributed by atoms with Crippen LogP contribution in [0.2, 0.25) is 0 Å². The predicted octanol–water partition coefficient (Wildman–Crippen LogP) is 18.7. The van der Waals surface area contributed by atoms with E-state index in [1.165, 1.54) is 231 Å². The number of ether oxygens (including phenoxy) is 5. The Bertz CT molecular complexity index is 1190. The minimum atomic E-state index is -0.917. The van der Waals surface area contributed by atoms with E-state index in [0.29, 0.717) is 32.3 Å². The number of hydrogen-bond acceptors (Lipinski definition) is 8. The summed E-state index contributed by atoms with van der Waals surface area (Å²) < 4.78 is 30.5. The topological polar surface area (TPSA) is 97.4 Å². The van der Waals surface area contributed by atoms with Gasteiger partial charge in [0.15, 0.2) is 12.2 Å². The molecule has 2 aliphatic rings. The molecule has 412 valence electrons. The van der Waals surface area contributed by atoms with Crippen molar-refractivity contribution < 1.29 is 38.1 Å². The van der Waals surface area contributed by atoms with Crippen LogP contribution in [0, 0.1) is 0 Å². The van der Waals surface area contributed by atoms with Gasteiger partial charge < -0.3 is 23.7 Å². The standard InChI is InChI=1S/C62H116O8/c1-4-7-10-13-16-19-22-25-28-31-34-37-40-43-46-49-57(63)67-55-62(52-53-68-62)61-60(70-59(65)51-48-45-42-39-36-33-30-27-24-21-18-15-12-9-6-3)56(54-66-61)69-58(64)50-47-44-41-38-35-32-29-26-23-20-17-14-11-8-5-2/h56,60-61H,4-55H2,1-3H3/t56-,60+,61-,62+/m0/s1. The first kappa shape index (κ1) is 64.4. The molecule has 2 rings (SSSR count). The van der Waals surface area contributed by atoms with Gasteiger partial charge in [0.1, 0.15) is 18.3 Å². The van der Waals surface area contributed by atoms with Crippen molar-refractivity contribution in [3.63, 3.8) is 0 Å². The van der Waals surface area contributed by atoms with Crippen LogP contribution < -0.4 is 0 Å². The Balaban J connectivity index is 1.73. The molecule has 0 spiro atoms. The summed E-state index contributed by atoms with van der Waals surface area (Å²) in [6.07, 6.45) is 56.8. The average Bonchev–Trinajstić information content (AvgIpc) is 3.72. The Morgan fingerprint density at radius 2 is 0.657 bits per heavy atom. The Hall–Kier alpha value is -1.67. The molecule has 4 atom stereocenters. The maximum atomic E-state index is 13.4. The first-order valence-electron chi connectivity index (χ1n) is 31.3. The zero-order chi connectivity index (χ0) is 50.3. The maximum Gasteiger partial charge on any atom is 0.306 e. The van der Waals surface area contributed by atoms with E-state index in [2.05, 4.69) is 20.8 Å². The molecule has 0 saturated carbocycles. The summed E-state index contributed by atoms with van der Waals surface area (Å²) in [4.78, 5) is 39.6. The van der Waals surface area contributed by atoms with E-state index in [1.807, 2.05) is 0 Å². The molecular formula is C62H116O8. The molecule has 0 aromatic carbocycles. The van der Waals surface area contributed by atoms with Crippen molar-refractivity contribution >= 4 is 17.9 Å². The predicted molar refractivity (Wildman–Crippen MR) is 292 cm³/mol. The first-order chi connectivity index (χ1) is 34.5. The van der Waals surface area contributed by atoms with E-state index < -0.39 is 23.9 Å². The highest BCUT2D eigenvalue weighted by molar-refractivity contribution is 5.71. The third-order valence-corrected chi connectivity index (χ3v) is 15.5. The molecule has 2 aliphatic heterocycles. The number of carbonyl (C=O) groups excluding carboxylic acids is 3. The SMILES string of the molecule is CCCCCCCCCCCCCCCCCC(=O)OC[C@@]1([C@H]2OC[C@H](OC(=O)CCCCCCCCCCCCCCCCC)[C@H]2OC(=O)CCCCCCCCCCCCCCCCC)CCO1. The van der Waals surface area contributed by atoms with Gasteiger partial charge in [0.05, 0.1) is 13.2 Å². The highest BCUT2D eigenvalue weighted by Gasteiger charge is 2.58. The molecule has 8 heteroatoms. The molecule has 8 nitrogen and oxygen atoms in total. The van der Waals surface area contributed by atoms with E-state index in [9.17, 15) is 14.4 Å². The molecule has 2 fully saturated rings. The fourth-order valence-electron chi connectivity index (χ4n) is 10.7. The Morgan fingerprint density at radius 1 is 0.386 bits per heavy atom. The Kier molecular flexibility index (Phi) is 43.3. The molecule has 0 unspecified atom stereocenters. The van der Waals surface area contributed by atoms with Crippen LogP contribution in [-0.4, -0.2) is 61.6 Å². The Labute approximate surface area is 433 Å². The van der Waals surface area contributed by atoms with Crippen LogP contribution in [0.5, 0.6) is 0 Å². The van der Waals surface area contributed by atoms with Gasteiger partial charge in [-0.2, -0.15) is 0 Å². The molecule has 0 N–H and O–H groups in total. The van der Waals surface area contributed by atoms with Gasteiger partial charge in [-0.25, -0.2) is 0 Å². The second kappa shape index (κ2) is 47.1. The number of hydrogen-bond donors (Lipinski definition) is 0. The van der Waals surface area contributed by atoms with E-state index in [0.717, 1.165) is 57.8 Å². The second-order valence-electron chi connectivity index (χ2n) is 22.2. The molecular weight excluding hydrogens is 873 g/mol. The van der Waals surface area contributed by atoms with Crippen molar-refractivity contribution in [2.45, 2.75) is 359 Å². The molecule has 0 aromatic heterocycles. The van der Waals surface area contributed by atoms with Gasteiger partial charge in [-0.05, 0) is 19.3 Å². The summed E-state index contributed by atoms with van der Waals surface area (Å²) in [6.45, 7) is 7.52. The van der Waals surface area contributed by atoms with Gasteiger partial charge in [0.2, 0.25) is 0 Å². The summed E-state index contributed by atoms with van der Waals surface area (Å²) in [5.74, 6) is -0.792. The summed E-state index contributed by atoms with van der Waals surface area (Å²) in [5.41, 5.74) is -0.917. The number of esters is 3. The quantitative estimate of drug-likeness (QED) is 0.0338. The molecule has 70 heavy (non-hydrogen) atoms. The molecule has 0 radical (unpaired) electrons.